The van der Waals surface area contributed by atoms with Crippen LogP contribution in [0.4, 0.5) is 0 Å². The number of carbonyl (C=O) groups excluding carboxylic acids is 2. The molecule has 0 aromatic heterocycles. The Kier molecular flexibility index (Phi) is 6.17. The molecule has 0 radical (unpaired) electrons. The first kappa shape index (κ1) is 19.8. The van der Waals surface area contributed by atoms with Gasteiger partial charge in [0.1, 0.15) is 0 Å². The Labute approximate surface area is 161 Å². The maximum atomic E-state index is 12.8. The molecule has 0 bridgehead atoms. The molecule has 1 aromatic rings. The first-order valence-corrected chi connectivity index (χ1v) is 9.81. The van der Waals surface area contributed by atoms with Gasteiger partial charge in [-0.2, -0.15) is 0 Å². The number of hydrogen-bond donors (Lipinski definition) is 1. The fourth-order valence-electron chi connectivity index (χ4n) is 4.25. The Morgan fingerprint density at radius 1 is 1.07 bits per heavy atom. The highest BCUT2D eigenvalue weighted by Gasteiger charge is 2.36. The Balaban J connectivity index is 1.67. The van der Waals surface area contributed by atoms with Gasteiger partial charge in [-0.25, -0.2) is 0 Å². The van der Waals surface area contributed by atoms with E-state index in [1.54, 1.807) is 6.92 Å². The third-order valence-electron chi connectivity index (χ3n) is 5.42. The van der Waals surface area contributed by atoms with Crippen LogP contribution in [0, 0.1) is 6.92 Å². The van der Waals surface area contributed by atoms with E-state index in [0.717, 1.165) is 6.54 Å². The first-order valence-electron chi connectivity index (χ1n) is 9.81. The molecule has 0 aliphatic carbocycles. The molecule has 4 unspecified atom stereocenters. The summed E-state index contributed by atoms with van der Waals surface area (Å²) in [5.41, 5.74) is 2.43. The van der Waals surface area contributed by atoms with E-state index in [1.165, 1.54) is 11.1 Å². The maximum absolute atomic E-state index is 12.8. The summed E-state index contributed by atoms with van der Waals surface area (Å²) in [4.78, 5) is 28.5. The summed E-state index contributed by atoms with van der Waals surface area (Å²) >= 11 is 0. The highest BCUT2D eigenvalue weighted by atomic mass is 16.5. The quantitative estimate of drug-likeness (QED) is 0.870. The number of morpholine rings is 1. The van der Waals surface area contributed by atoms with Gasteiger partial charge in [-0.05, 0) is 26.3 Å². The number of likely N-dealkylation sites (tertiary alicyclic amines) is 1. The molecule has 2 amide bonds. The third kappa shape index (κ3) is 5.08. The molecule has 2 fully saturated rings. The van der Waals surface area contributed by atoms with Gasteiger partial charge in [-0.3, -0.25) is 14.5 Å². The van der Waals surface area contributed by atoms with Crippen molar-refractivity contribution in [1.29, 1.82) is 0 Å². The number of aryl methyl sites for hydroxylation is 1. The molecular formula is C21H31N3O3. The molecule has 27 heavy (non-hydrogen) atoms. The van der Waals surface area contributed by atoms with Crippen LogP contribution >= 0.6 is 0 Å². The number of nitrogens with zero attached hydrogens (tertiary/aromatic N) is 2. The highest BCUT2D eigenvalue weighted by Crippen LogP contribution is 2.28. The number of rotatable bonds is 4. The summed E-state index contributed by atoms with van der Waals surface area (Å²) in [6.07, 6.45) is 0.146. The second-order valence-corrected chi connectivity index (χ2v) is 8.07. The van der Waals surface area contributed by atoms with Crippen LogP contribution in [0.5, 0.6) is 0 Å². The maximum Gasteiger partial charge on any atom is 0.236 e. The van der Waals surface area contributed by atoms with Crippen LogP contribution in [0.3, 0.4) is 0 Å². The third-order valence-corrected chi connectivity index (χ3v) is 5.42. The van der Waals surface area contributed by atoms with E-state index in [9.17, 15) is 9.59 Å². The largest absolute Gasteiger partial charge is 0.372 e. The first-order chi connectivity index (χ1) is 12.8. The molecule has 148 valence electrons. The van der Waals surface area contributed by atoms with Gasteiger partial charge in [0.05, 0.1) is 18.8 Å². The van der Waals surface area contributed by atoms with E-state index in [1.807, 2.05) is 18.7 Å². The van der Waals surface area contributed by atoms with Crippen molar-refractivity contribution in [3.63, 3.8) is 0 Å². The van der Waals surface area contributed by atoms with E-state index >= 15 is 0 Å². The average molecular weight is 373 g/mol. The van der Waals surface area contributed by atoms with E-state index in [2.05, 4.69) is 41.4 Å². The minimum Gasteiger partial charge on any atom is -0.372 e. The predicted octanol–water partition coefficient (Wildman–Crippen LogP) is 1.53. The van der Waals surface area contributed by atoms with Crippen molar-refractivity contribution in [1.82, 2.24) is 15.1 Å². The van der Waals surface area contributed by atoms with Crippen molar-refractivity contribution in [2.24, 2.45) is 0 Å². The average Bonchev–Trinajstić information content (AvgIpc) is 2.96. The lowest BCUT2D eigenvalue weighted by Gasteiger charge is -2.36. The molecular weight excluding hydrogens is 342 g/mol. The van der Waals surface area contributed by atoms with Crippen molar-refractivity contribution in [3.8, 4) is 0 Å². The molecule has 0 saturated carbocycles. The van der Waals surface area contributed by atoms with Crippen molar-refractivity contribution < 1.29 is 14.3 Å². The van der Waals surface area contributed by atoms with E-state index < -0.39 is 0 Å². The Morgan fingerprint density at radius 2 is 1.70 bits per heavy atom. The van der Waals surface area contributed by atoms with Crippen LogP contribution in [0.15, 0.2) is 24.3 Å². The highest BCUT2D eigenvalue weighted by molar-refractivity contribution is 5.78. The summed E-state index contributed by atoms with van der Waals surface area (Å²) in [7, 11) is 0. The SMILES string of the molecule is CC(=O)NC1CN(CC(=O)N2CC(C)OC(C)C2)CC1c1ccc(C)cc1. The summed E-state index contributed by atoms with van der Waals surface area (Å²) in [5.74, 6) is 0.314. The Bertz CT molecular complexity index is 666. The lowest BCUT2D eigenvalue weighted by Crippen LogP contribution is -2.51. The minimum absolute atomic E-state index is 0.0267. The van der Waals surface area contributed by atoms with Crippen LogP contribution in [0.2, 0.25) is 0 Å². The van der Waals surface area contributed by atoms with Crippen molar-refractivity contribution in [3.05, 3.63) is 35.4 Å². The van der Waals surface area contributed by atoms with Crippen molar-refractivity contribution in [2.75, 3.05) is 32.7 Å². The van der Waals surface area contributed by atoms with Gasteiger partial charge < -0.3 is 15.0 Å². The molecule has 2 aliphatic heterocycles. The lowest BCUT2D eigenvalue weighted by molar-refractivity contribution is -0.144. The zero-order chi connectivity index (χ0) is 19.6. The molecule has 0 spiro atoms. The van der Waals surface area contributed by atoms with Gasteiger partial charge in [0, 0.05) is 45.1 Å². The predicted molar refractivity (Wildman–Crippen MR) is 105 cm³/mol. The van der Waals surface area contributed by atoms with E-state index in [4.69, 9.17) is 4.74 Å². The van der Waals surface area contributed by atoms with Crippen LogP contribution < -0.4 is 5.32 Å². The van der Waals surface area contributed by atoms with E-state index in [-0.39, 0.29) is 36.0 Å². The smallest absolute Gasteiger partial charge is 0.236 e. The molecule has 6 heteroatoms. The number of nitrogens with one attached hydrogen (secondary N) is 1. The van der Waals surface area contributed by atoms with Crippen molar-refractivity contribution >= 4 is 11.8 Å². The summed E-state index contributed by atoms with van der Waals surface area (Å²) in [6.45, 7) is 10.8. The van der Waals surface area contributed by atoms with Gasteiger partial charge >= 0.3 is 0 Å². The normalized spacial score (nSPS) is 29.0. The topological polar surface area (TPSA) is 61.9 Å². The second-order valence-electron chi connectivity index (χ2n) is 8.07. The van der Waals surface area contributed by atoms with Gasteiger partial charge in [-0.1, -0.05) is 29.8 Å². The fourth-order valence-corrected chi connectivity index (χ4v) is 4.25. The number of carbonyl (C=O) groups is 2. The molecule has 6 nitrogen and oxygen atoms in total. The summed E-state index contributed by atoms with van der Waals surface area (Å²) in [6, 6.07) is 8.49. The van der Waals surface area contributed by atoms with Gasteiger partial charge in [0.15, 0.2) is 0 Å². The molecule has 2 heterocycles. The van der Waals surface area contributed by atoms with Gasteiger partial charge in [0.25, 0.3) is 0 Å². The number of hydrogen-bond acceptors (Lipinski definition) is 4. The second kappa shape index (κ2) is 8.40. The summed E-state index contributed by atoms with van der Waals surface area (Å²) in [5, 5.41) is 3.08. The van der Waals surface area contributed by atoms with Gasteiger partial charge in [-0.15, -0.1) is 0 Å². The monoisotopic (exact) mass is 373 g/mol. The van der Waals surface area contributed by atoms with Gasteiger partial charge in [0.2, 0.25) is 11.8 Å². The Morgan fingerprint density at radius 3 is 2.30 bits per heavy atom. The zero-order valence-electron chi connectivity index (χ0n) is 16.8. The molecule has 2 saturated heterocycles. The minimum atomic E-state index is -0.0267. The number of ether oxygens (including phenoxy) is 1. The lowest BCUT2D eigenvalue weighted by atomic mass is 9.93. The van der Waals surface area contributed by atoms with Crippen LogP contribution in [-0.2, 0) is 14.3 Å². The fraction of sp³-hybridized carbons (Fsp3) is 0.619. The molecule has 4 atom stereocenters. The summed E-state index contributed by atoms with van der Waals surface area (Å²) < 4.78 is 5.73. The number of amides is 2. The zero-order valence-corrected chi connectivity index (χ0v) is 16.8. The van der Waals surface area contributed by atoms with E-state index in [0.29, 0.717) is 26.2 Å². The molecule has 1 aromatic carbocycles. The number of benzene rings is 1. The van der Waals surface area contributed by atoms with Crippen molar-refractivity contribution in [2.45, 2.75) is 51.9 Å². The van der Waals surface area contributed by atoms with Crippen LogP contribution in [0.25, 0.3) is 0 Å². The van der Waals surface area contributed by atoms with Crippen LogP contribution in [-0.4, -0.2) is 72.6 Å². The standard InChI is InChI=1S/C21H31N3O3/c1-14-5-7-18(8-6-14)19-11-23(12-20(19)22-17(4)25)13-21(26)24-9-15(2)27-16(3)10-24/h5-8,15-16,19-20H,9-13H2,1-4H3,(H,22,25). The Hall–Kier alpha value is -1.92. The molecule has 2 aliphatic rings. The molecule has 1 N–H and O–H groups in total. The van der Waals surface area contributed by atoms with Crippen LogP contribution in [0.1, 0.15) is 37.8 Å². The molecule has 3 rings (SSSR count).